The van der Waals surface area contributed by atoms with E-state index < -0.39 is 0 Å². The summed E-state index contributed by atoms with van der Waals surface area (Å²) in [6.07, 6.45) is 5.60. The summed E-state index contributed by atoms with van der Waals surface area (Å²) in [5.41, 5.74) is 0. The second kappa shape index (κ2) is 6.64. The van der Waals surface area contributed by atoms with Crippen LogP contribution in [0.25, 0.3) is 0 Å². The quantitative estimate of drug-likeness (QED) is 0.575. The monoisotopic (exact) mass is 157 g/mol. The molecular formula is C8H12ClN. The zero-order valence-corrected chi connectivity index (χ0v) is 6.99. The van der Waals surface area contributed by atoms with Crippen molar-refractivity contribution in [3.63, 3.8) is 0 Å². The molecule has 0 radical (unpaired) electrons. The molecule has 0 bridgehead atoms. The molecule has 0 aromatic carbocycles. The van der Waals surface area contributed by atoms with Crippen LogP contribution in [0.5, 0.6) is 0 Å². The second-order valence-electron chi connectivity index (χ2n) is 2.13. The molecule has 0 heterocycles. The van der Waals surface area contributed by atoms with Gasteiger partial charge in [-0.3, -0.25) is 0 Å². The van der Waals surface area contributed by atoms with E-state index in [-0.39, 0.29) is 0 Å². The highest BCUT2D eigenvalue weighted by Crippen LogP contribution is 2.08. The lowest BCUT2D eigenvalue weighted by molar-refractivity contribution is 0.812. The summed E-state index contributed by atoms with van der Waals surface area (Å²) in [5, 5.41) is 8.89. The largest absolute Gasteiger partial charge is 0.198 e. The lowest BCUT2D eigenvalue weighted by Crippen LogP contribution is -1.71. The van der Waals surface area contributed by atoms with Gasteiger partial charge in [0.2, 0.25) is 0 Å². The van der Waals surface area contributed by atoms with Crippen LogP contribution in [0.15, 0.2) is 11.1 Å². The van der Waals surface area contributed by atoms with Gasteiger partial charge in [-0.15, -0.1) is 0 Å². The first kappa shape index (κ1) is 9.52. The van der Waals surface area contributed by atoms with Crippen molar-refractivity contribution >= 4 is 11.6 Å². The Balaban J connectivity index is 3.40. The fourth-order valence-corrected chi connectivity index (χ4v) is 0.779. The normalized spacial score (nSPS) is 11.1. The van der Waals surface area contributed by atoms with Gasteiger partial charge in [0, 0.05) is 5.03 Å². The highest BCUT2D eigenvalue weighted by molar-refractivity contribution is 6.29. The van der Waals surface area contributed by atoms with E-state index in [2.05, 4.69) is 6.92 Å². The maximum absolute atomic E-state index is 8.22. The van der Waals surface area contributed by atoms with Gasteiger partial charge in [0.1, 0.15) is 0 Å². The van der Waals surface area contributed by atoms with Gasteiger partial charge < -0.3 is 0 Å². The SMILES string of the molecule is CCCC/C=C(/Cl)CC#N. The highest BCUT2D eigenvalue weighted by atomic mass is 35.5. The van der Waals surface area contributed by atoms with Crippen LogP contribution in [0.2, 0.25) is 0 Å². The van der Waals surface area contributed by atoms with Gasteiger partial charge in [0.05, 0.1) is 12.5 Å². The number of halogens is 1. The zero-order chi connectivity index (χ0) is 7.82. The summed E-state index contributed by atoms with van der Waals surface area (Å²) in [5.74, 6) is 0. The molecule has 0 unspecified atom stereocenters. The number of hydrogen-bond acceptors (Lipinski definition) is 1. The molecule has 0 aliphatic carbocycles. The molecule has 0 saturated carbocycles. The van der Waals surface area contributed by atoms with E-state index in [0.29, 0.717) is 11.5 Å². The van der Waals surface area contributed by atoms with Gasteiger partial charge in [-0.2, -0.15) is 5.26 Å². The van der Waals surface area contributed by atoms with Crippen molar-refractivity contribution in [2.45, 2.75) is 32.6 Å². The molecule has 0 atom stereocenters. The van der Waals surface area contributed by atoms with Gasteiger partial charge in [0.25, 0.3) is 0 Å². The molecule has 0 fully saturated rings. The standard InChI is InChI=1S/C8H12ClN/c1-2-3-4-5-8(9)6-7-10/h5H,2-4,6H2,1H3/b8-5+. The molecule has 0 aromatic heterocycles. The van der Waals surface area contributed by atoms with Crippen molar-refractivity contribution < 1.29 is 0 Å². The predicted octanol–water partition coefficient (Wildman–Crippen LogP) is 3.21. The minimum absolute atomic E-state index is 0.352. The maximum Gasteiger partial charge on any atom is 0.0706 e. The summed E-state index contributed by atoms with van der Waals surface area (Å²) in [6.45, 7) is 2.13. The third kappa shape index (κ3) is 5.65. The Labute approximate surface area is 67.3 Å². The van der Waals surface area contributed by atoms with E-state index in [1.165, 1.54) is 6.42 Å². The molecule has 0 rings (SSSR count). The van der Waals surface area contributed by atoms with Crippen LogP contribution in [-0.4, -0.2) is 0 Å². The molecule has 0 saturated heterocycles. The molecule has 0 spiro atoms. The lowest BCUT2D eigenvalue weighted by atomic mass is 10.2. The molecule has 0 amide bonds. The minimum atomic E-state index is 0.352. The minimum Gasteiger partial charge on any atom is -0.198 e. The first-order valence-electron chi connectivity index (χ1n) is 3.52. The smallest absolute Gasteiger partial charge is 0.0706 e. The molecule has 1 nitrogen and oxygen atoms in total. The van der Waals surface area contributed by atoms with Crippen molar-refractivity contribution in [2.24, 2.45) is 0 Å². The average molecular weight is 158 g/mol. The second-order valence-corrected chi connectivity index (χ2v) is 2.61. The Bertz CT molecular complexity index is 144. The molecule has 0 aliphatic heterocycles. The van der Waals surface area contributed by atoms with Crippen LogP contribution >= 0.6 is 11.6 Å². The van der Waals surface area contributed by atoms with Gasteiger partial charge in [-0.25, -0.2) is 0 Å². The number of nitrogens with zero attached hydrogens (tertiary/aromatic N) is 1. The molecule has 56 valence electrons. The maximum atomic E-state index is 8.22. The van der Waals surface area contributed by atoms with Gasteiger partial charge in [-0.1, -0.05) is 37.4 Å². The van der Waals surface area contributed by atoms with Crippen molar-refractivity contribution in [1.82, 2.24) is 0 Å². The summed E-state index contributed by atoms with van der Waals surface area (Å²) in [4.78, 5) is 0. The predicted molar refractivity (Wildman–Crippen MR) is 43.7 cm³/mol. The first-order valence-corrected chi connectivity index (χ1v) is 3.90. The zero-order valence-electron chi connectivity index (χ0n) is 6.23. The number of unbranched alkanes of at least 4 members (excludes halogenated alkanes) is 2. The molecule has 0 aromatic rings. The Morgan fingerprint density at radius 2 is 2.40 bits per heavy atom. The number of nitriles is 1. The summed E-state index contributed by atoms with van der Waals surface area (Å²) >= 11 is 5.66. The van der Waals surface area contributed by atoms with E-state index in [4.69, 9.17) is 16.9 Å². The third-order valence-electron chi connectivity index (χ3n) is 1.17. The fourth-order valence-electron chi connectivity index (χ4n) is 0.610. The Hall–Kier alpha value is -0.480. The van der Waals surface area contributed by atoms with Crippen LogP contribution < -0.4 is 0 Å². The van der Waals surface area contributed by atoms with Crippen molar-refractivity contribution in [1.29, 1.82) is 5.26 Å². The summed E-state index contributed by atoms with van der Waals surface area (Å²) < 4.78 is 0. The van der Waals surface area contributed by atoms with Crippen LogP contribution in [0.1, 0.15) is 32.6 Å². The van der Waals surface area contributed by atoms with Crippen molar-refractivity contribution in [3.8, 4) is 6.07 Å². The Morgan fingerprint density at radius 1 is 1.70 bits per heavy atom. The van der Waals surface area contributed by atoms with E-state index in [9.17, 15) is 0 Å². The molecule has 0 aliphatic rings. The summed E-state index contributed by atoms with van der Waals surface area (Å²) in [6, 6.07) is 1.99. The lowest BCUT2D eigenvalue weighted by Gasteiger charge is -1.90. The van der Waals surface area contributed by atoms with Gasteiger partial charge >= 0.3 is 0 Å². The van der Waals surface area contributed by atoms with E-state index in [1.54, 1.807) is 0 Å². The molecule has 0 N–H and O–H groups in total. The molecular weight excluding hydrogens is 146 g/mol. The van der Waals surface area contributed by atoms with Crippen LogP contribution in [0.4, 0.5) is 0 Å². The van der Waals surface area contributed by atoms with Crippen LogP contribution in [-0.2, 0) is 0 Å². The van der Waals surface area contributed by atoms with Crippen molar-refractivity contribution in [3.05, 3.63) is 11.1 Å². The number of allylic oxidation sites excluding steroid dienone is 2. The number of rotatable bonds is 4. The van der Waals surface area contributed by atoms with E-state index >= 15 is 0 Å². The Morgan fingerprint density at radius 3 is 2.90 bits per heavy atom. The van der Waals surface area contributed by atoms with Crippen LogP contribution in [0, 0.1) is 11.3 Å². The average Bonchev–Trinajstić information content (AvgIpc) is 1.89. The highest BCUT2D eigenvalue weighted by Gasteiger charge is 1.88. The van der Waals surface area contributed by atoms with Crippen molar-refractivity contribution in [2.75, 3.05) is 0 Å². The van der Waals surface area contributed by atoms with Crippen LogP contribution in [0.3, 0.4) is 0 Å². The molecule has 10 heavy (non-hydrogen) atoms. The topological polar surface area (TPSA) is 23.8 Å². The van der Waals surface area contributed by atoms with E-state index in [1.807, 2.05) is 12.1 Å². The van der Waals surface area contributed by atoms with Gasteiger partial charge in [-0.05, 0) is 6.42 Å². The Kier molecular flexibility index (Phi) is 6.32. The summed E-state index contributed by atoms with van der Waals surface area (Å²) in [7, 11) is 0. The van der Waals surface area contributed by atoms with Gasteiger partial charge in [0.15, 0.2) is 0 Å². The third-order valence-corrected chi connectivity index (χ3v) is 1.46. The first-order chi connectivity index (χ1) is 4.81. The number of hydrogen-bond donors (Lipinski definition) is 0. The fraction of sp³-hybridized carbons (Fsp3) is 0.625. The van der Waals surface area contributed by atoms with E-state index in [0.717, 1.165) is 12.8 Å². The molecule has 2 heteroatoms.